The van der Waals surface area contributed by atoms with Gasteiger partial charge in [0.05, 0.1) is 42.3 Å². The van der Waals surface area contributed by atoms with Gasteiger partial charge in [-0.05, 0) is 43.0 Å². The van der Waals surface area contributed by atoms with Crippen LogP contribution in [0.4, 0.5) is 20.3 Å². The van der Waals surface area contributed by atoms with Crippen LogP contribution in [0.2, 0.25) is 5.02 Å². The number of alkyl halides is 2. The van der Waals surface area contributed by atoms with Crippen LogP contribution in [0.25, 0.3) is 10.8 Å². The molecule has 1 atom stereocenters. The van der Waals surface area contributed by atoms with Crippen molar-refractivity contribution in [2.45, 2.75) is 44.2 Å². The molecule has 45 heavy (non-hydrogen) atoms. The van der Waals surface area contributed by atoms with E-state index in [9.17, 15) is 18.8 Å². The van der Waals surface area contributed by atoms with Crippen LogP contribution in [0, 0.1) is 11.3 Å². The summed E-state index contributed by atoms with van der Waals surface area (Å²) in [5.74, 6) is -2.16. The normalized spacial score (nSPS) is 20.0. The molecule has 0 saturated carbocycles. The van der Waals surface area contributed by atoms with Crippen LogP contribution in [0.15, 0.2) is 49.1 Å². The van der Waals surface area contributed by atoms with Crippen LogP contribution in [-0.4, -0.2) is 90.1 Å². The summed E-state index contributed by atoms with van der Waals surface area (Å²) in [7, 11) is 0. The predicted octanol–water partition coefficient (Wildman–Crippen LogP) is 5.07. The van der Waals surface area contributed by atoms with E-state index in [-0.39, 0.29) is 44.0 Å². The molecule has 3 aliphatic heterocycles. The molecule has 1 amide bonds. The van der Waals surface area contributed by atoms with Gasteiger partial charge < -0.3 is 19.4 Å². The van der Waals surface area contributed by atoms with Crippen molar-refractivity contribution in [3.63, 3.8) is 0 Å². The fourth-order valence-electron chi connectivity index (χ4n) is 6.70. The highest BCUT2D eigenvalue weighted by Gasteiger charge is 2.36. The van der Waals surface area contributed by atoms with Gasteiger partial charge in [0.1, 0.15) is 12.4 Å². The standard InChI is InChI=1S/C33H36ClF2N7O2/c1-2-29(44)43-17-16-42(20-24(43)10-13-37)31-25-11-15-41(28-9-4-7-23-6-3-8-26(34)30(23)28)21-27(25)38-32(39-31)45-19-18-40-14-5-12-33(35,36)22-40/h2-4,6-9,24H,1,5,10-12,14-22H2/t24-/m0/s1. The van der Waals surface area contributed by atoms with Gasteiger partial charge in [0.15, 0.2) is 0 Å². The topological polar surface area (TPSA) is 88.8 Å². The van der Waals surface area contributed by atoms with Gasteiger partial charge in [-0.3, -0.25) is 9.69 Å². The maximum atomic E-state index is 14.0. The number of fused-ring (bicyclic) bond motifs is 2. The van der Waals surface area contributed by atoms with E-state index < -0.39 is 5.92 Å². The first-order valence-electron chi connectivity index (χ1n) is 15.4. The molecule has 0 aliphatic carbocycles. The van der Waals surface area contributed by atoms with E-state index in [1.165, 1.54) is 6.08 Å². The second-order valence-corrected chi connectivity index (χ2v) is 12.2. The zero-order valence-corrected chi connectivity index (χ0v) is 25.9. The number of rotatable bonds is 8. The van der Waals surface area contributed by atoms with E-state index in [0.717, 1.165) is 33.5 Å². The van der Waals surface area contributed by atoms with E-state index in [1.807, 2.05) is 30.3 Å². The predicted molar refractivity (Wildman–Crippen MR) is 170 cm³/mol. The second kappa shape index (κ2) is 13.2. The fraction of sp³-hybridized carbons (Fsp3) is 0.455. The van der Waals surface area contributed by atoms with Gasteiger partial charge in [0.2, 0.25) is 5.91 Å². The van der Waals surface area contributed by atoms with Crippen molar-refractivity contribution in [2.24, 2.45) is 0 Å². The first-order valence-corrected chi connectivity index (χ1v) is 15.7. The minimum Gasteiger partial charge on any atom is -0.462 e. The third-order valence-electron chi connectivity index (χ3n) is 8.87. The summed E-state index contributed by atoms with van der Waals surface area (Å²) >= 11 is 6.67. The van der Waals surface area contributed by atoms with Crippen LogP contribution in [0.3, 0.4) is 0 Å². The number of amides is 1. The summed E-state index contributed by atoms with van der Waals surface area (Å²) in [5.41, 5.74) is 2.83. The smallest absolute Gasteiger partial charge is 0.318 e. The Balaban J connectivity index is 1.30. The third-order valence-corrected chi connectivity index (χ3v) is 9.19. The van der Waals surface area contributed by atoms with Crippen molar-refractivity contribution in [3.8, 4) is 12.1 Å². The summed E-state index contributed by atoms with van der Waals surface area (Å²) in [6.45, 7) is 7.07. The third kappa shape index (κ3) is 6.67. The lowest BCUT2D eigenvalue weighted by molar-refractivity contribution is -0.128. The first kappa shape index (κ1) is 31.0. The molecule has 236 valence electrons. The Hall–Kier alpha value is -4.01. The summed E-state index contributed by atoms with van der Waals surface area (Å²) in [4.78, 5) is 30.0. The van der Waals surface area contributed by atoms with Crippen molar-refractivity contribution >= 4 is 39.8 Å². The molecule has 12 heteroatoms. The van der Waals surface area contributed by atoms with Gasteiger partial charge in [-0.15, -0.1) is 0 Å². The van der Waals surface area contributed by atoms with Crippen LogP contribution < -0.4 is 14.5 Å². The highest BCUT2D eigenvalue weighted by atomic mass is 35.5. The van der Waals surface area contributed by atoms with Gasteiger partial charge in [-0.1, -0.05) is 42.4 Å². The molecular weight excluding hydrogens is 600 g/mol. The average molecular weight is 636 g/mol. The number of ether oxygens (including phenoxy) is 1. The maximum Gasteiger partial charge on any atom is 0.318 e. The van der Waals surface area contributed by atoms with E-state index >= 15 is 0 Å². The van der Waals surface area contributed by atoms with E-state index in [2.05, 4.69) is 28.5 Å². The highest BCUT2D eigenvalue weighted by molar-refractivity contribution is 6.36. The number of carbonyl (C=O) groups is 1. The Morgan fingerprint density at radius 2 is 1.98 bits per heavy atom. The molecular formula is C33H36ClF2N7O2. The van der Waals surface area contributed by atoms with E-state index in [4.69, 9.17) is 26.3 Å². The molecule has 6 rings (SSSR count). The van der Waals surface area contributed by atoms with Gasteiger partial charge in [-0.2, -0.15) is 15.2 Å². The van der Waals surface area contributed by atoms with Crippen molar-refractivity contribution in [2.75, 3.05) is 62.2 Å². The molecule has 4 heterocycles. The molecule has 0 spiro atoms. The average Bonchev–Trinajstić information content (AvgIpc) is 3.03. The highest BCUT2D eigenvalue weighted by Crippen LogP contribution is 2.37. The van der Waals surface area contributed by atoms with Crippen molar-refractivity contribution < 1.29 is 18.3 Å². The van der Waals surface area contributed by atoms with Crippen LogP contribution in [0.1, 0.15) is 30.5 Å². The molecule has 3 aromatic rings. The Bertz CT molecular complexity index is 1630. The summed E-state index contributed by atoms with van der Waals surface area (Å²) in [6, 6.07) is 14.1. The molecule has 2 saturated heterocycles. The number of piperidine rings is 1. The zero-order valence-electron chi connectivity index (χ0n) is 25.1. The number of nitrogens with zero attached hydrogens (tertiary/aromatic N) is 7. The van der Waals surface area contributed by atoms with E-state index in [0.29, 0.717) is 63.7 Å². The van der Waals surface area contributed by atoms with Crippen LogP contribution in [-0.2, 0) is 17.8 Å². The summed E-state index contributed by atoms with van der Waals surface area (Å²) < 4.78 is 34.0. The number of piperazine rings is 1. The Labute approximate surface area is 266 Å². The number of aromatic nitrogens is 2. The quantitative estimate of drug-likeness (QED) is 0.317. The molecule has 2 aromatic carbocycles. The largest absolute Gasteiger partial charge is 0.462 e. The van der Waals surface area contributed by atoms with Gasteiger partial charge in [0.25, 0.3) is 5.92 Å². The molecule has 9 nitrogen and oxygen atoms in total. The Morgan fingerprint density at radius 3 is 2.76 bits per heavy atom. The minimum atomic E-state index is -2.68. The molecule has 0 unspecified atom stereocenters. The van der Waals surface area contributed by atoms with E-state index in [1.54, 1.807) is 9.80 Å². The number of carbonyl (C=O) groups excluding carboxylic acids is 1. The number of benzene rings is 2. The SMILES string of the molecule is C=CC(=O)N1CCN(c2nc(OCCN3CCCC(F)(F)C3)nc3c2CCN(c2cccc4cccc(Cl)c24)C3)C[C@@H]1CC#N. The maximum absolute atomic E-state index is 14.0. The minimum absolute atomic E-state index is 0.0848. The zero-order chi connectivity index (χ0) is 31.6. The number of halogens is 3. The van der Waals surface area contributed by atoms with Crippen molar-refractivity contribution in [1.29, 1.82) is 5.26 Å². The van der Waals surface area contributed by atoms with Gasteiger partial charge in [-0.25, -0.2) is 8.78 Å². The number of hydrogen-bond donors (Lipinski definition) is 0. The van der Waals surface area contributed by atoms with Gasteiger partial charge in [0, 0.05) is 55.8 Å². The van der Waals surface area contributed by atoms with Crippen molar-refractivity contribution in [3.05, 3.63) is 65.3 Å². The lowest BCUT2D eigenvalue weighted by Gasteiger charge is -2.42. The molecule has 0 N–H and O–H groups in total. The lowest BCUT2D eigenvalue weighted by Crippen LogP contribution is -2.55. The number of anilines is 2. The van der Waals surface area contributed by atoms with Gasteiger partial charge >= 0.3 is 6.01 Å². The summed E-state index contributed by atoms with van der Waals surface area (Å²) in [6.07, 6.45) is 2.50. The number of likely N-dealkylation sites (tertiary alicyclic amines) is 1. The van der Waals surface area contributed by atoms with Crippen LogP contribution in [0.5, 0.6) is 6.01 Å². The first-order chi connectivity index (χ1) is 21.8. The summed E-state index contributed by atoms with van der Waals surface area (Å²) in [5, 5.41) is 12.2. The lowest BCUT2D eigenvalue weighted by atomic mass is 10.0. The Morgan fingerprint density at radius 1 is 1.16 bits per heavy atom. The van der Waals surface area contributed by atoms with Crippen LogP contribution >= 0.6 is 11.6 Å². The van der Waals surface area contributed by atoms with Crippen molar-refractivity contribution in [1.82, 2.24) is 19.8 Å². The number of hydrogen-bond acceptors (Lipinski definition) is 8. The molecule has 0 bridgehead atoms. The molecule has 1 aromatic heterocycles. The molecule has 0 radical (unpaired) electrons. The Kier molecular flexibility index (Phi) is 9.06. The monoisotopic (exact) mass is 635 g/mol. The molecule has 2 fully saturated rings. The fourth-order valence-corrected chi connectivity index (χ4v) is 6.98. The number of nitriles is 1. The second-order valence-electron chi connectivity index (χ2n) is 11.8. The molecule has 3 aliphatic rings.